The highest BCUT2D eigenvalue weighted by atomic mass is 35.5. The van der Waals surface area contributed by atoms with Crippen LogP contribution in [0, 0.1) is 0 Å². The molecule has 5 heteroatoms. The van der Waals surface area contributed by atoms with E-state index in [4.69, 9.17) is 11.6 Å². The van der Waals surface area contributed by atoms with Crippen LogP contribution in [0.15, 0.2) is 16.8 Å². The van der Waals surface area contributed by atoms with Gasteiger partial charge >= 0.3 is 0 Å². The number of halogens is 1. The summed E-state index contributed by atoms with van der Waals surface area (Å²) in [6.45, 7) is 1.06. The molecule has 0 unspecified atom stereocenters. The molecule has 0 saturated carbocycles. The molecule has 0 atom stereocenters. The Kier molecular flexibility index (Phi) is 4.09. The molecular formula is C10H14ClN3S. The summed E-state index contributed by atoms with van der Waals surface area (Å²) in [5, 5.41) is 9.47. The molecule has 2 heterocycles. The second-order valence-electron chi connectivity index (χ2n) is 3.53. The van der Waals surface area contributed by atoms with Crippen LogP contribution < -0.4 is 0 Å². The molecule has 1 aromatic heterocycles. The van der Waals surface area contributed by atoms with E-state index in [2.05, 4.69) is 14.8 Å². The zero-order valence-corrected chi connectivity index (χ0v) is 10.1. The molecule has 1 aliphatic rings. The van der Waals surface area contributed by atoms with E-state index in [9.17, 15) is 0 Å². The zero-order chi connectivity index (χ0) is 10.5. The van der Waals surface area contributed by atoms with Gasteiger partial charge in [-0.05, 0) is 12.8 Å². The Bertz CT molecular complexity index is 348. The van der Waals surface area contributed by atoms with Crippen molar-refractivity contribution in [3.63, 3.8) is 0 Å². The predicted molar refractivity (Wildman–Crippen MR) is 63.3 cm³/mol. The highest BCUT2D eigenvalue weighted by molar-refractivity contribution is 7.99. The molecule has 0 aromatic carbocycles. The summed E-state index contributed by atoms with van der Waals surface area (Å²) in [6, 6.07) is 0. The van der Waals surface area contributed by atoms with Crippen LogP contribution in [-0.4, -0.2) is 20.5 Å². The number of nitrogens with zero attached hydrogens (tertiary/aromatic N) is 3. The second-order valence-corrected chi connectivity index (χ2v) is 4.77. The molecule has 15 heavy (non-hydrogen) atoms. The Hall–Kier alpha value is -0.480. The lowest BCUT2D eigenvalue weighted by atomic mass is 10.2. The van der Waals surface area contributed by atoms with Gasteiger partial charge in [0.05, 0.1) is 0 Å². The van der Waals surface area contributed by atoms with Gasteiger partial charge in [-0.2, -0.15) is 0 Å². The SMILES string of the molecule is Cl/C=C\CSc1nnc2n1CCCCC2. The zero-order valence-electron chi connectivity index (χ0n) is 8.53. The number of aromatic nitrogens is 3. The summed E-state index contributed by atoms with van der Waals surface area (Å²) in [5.74, 6) is 2.01. The molecule has 82 valence electrons. The van der Waals surface area contributed by atoms with E-state index in [1.807, 2.05) is 6.08 Å². The standard InChI is InChI=1S/C10H14ClN3S/c11-6-4-8-15-10-13-12-9-5-2-1-3-7-14(9)10/h4,6H,1-3,5,7-8H2/b6-4-. The van der Waals surface area contributed by atoms with E-state index < -0.39 is 0 Å². The highest BCUT2D eigenvalue weighted by Crippen LogP contribution is 2.21. The minimum absolute atomic E-state index is 0.863. The molecule has 0 aliphatic carbocycles. The number of fused-ring (bicyclic) bond motifs is 1. The quantitative estimate of drug-likeness (QED) is 0.765. The van der Waals surface area contributed by atoms with Crippen molar-refractivity contribution in [3.8, 4) is 0 Å². The van der Waals surface area contributed by atoms with Gasteiger partial charge in [0, 0.05) is 24.3 Å². The molecule has 2 rings (SSSR count). The smallest absolute Gasteiger partial charge is 0.191 e. The first-order chi connectivity index (χ1) is 7.42. The Labute approximate surface area is 98.9 Å². The fourth-order valence-electron chi connectivity index (χ4n) is 1.72. The number of thioether (sulfide) groups is 1. The summed E-state index contributed by atoms with van der Waals surface area (Å²) in [6.07, 6.45) is 6.77. The van der Waals surface area contributed by atoms with Crippen molar-refractivity contribution in [1.29, 1.82) is 0 Å². The monoisotopic (exact) mass is 243 g/mol. The average Bonchev–Trinajstić information content (AvgIpc) is 2.50. The van der Waals surface area contributed by atoms with Crippen LogP contribution in [-0.2, 0) is 13.0 Å². The fourth-order valence-corrected chi connectivity index (χ4v) is 2.71. The lowest BCUT2D eigenvalue weighted by molar-refractivity contribution is 0.591. The molecule has 1 aromatic rings. The molecule has 3 nitrogen and oxygen atoms in total. The largest absolute Gasteiger partial charge is 0.306 e. The lowest BCUT2D eigenvalue weighted by Crippen LogP contribution is -2.02. The van der Waals surface area contributed by atoms with Gasteiger partial charge in [0.25, 0.3) is 0 Å². The minimum Gasteiger partial charge on any atom is -0.306 e. The van der Waals surface area contributed by atoms with Crippen molar-refractivity contribution in [2.75, 3.05) is 5.75 Å². The fraction of sp³-hybridized carbons (Fsp3) is 0.600. The maximum Gasteiger partial charge on any atom is 0.191 e. The van der Waals surface area contributed by atoms with Crippen LogP contribution in [0.4, 0.5) is 0 Å². The number of aryl methyl sites for hydroxylation is 1. The van der Waals surface area contributed by atoms with Gasteiger partial charge in [-0.1, -0.05) is 35.9 Å². The Morgan fingerprint density at radius 3 is 3.13 bits per heavy atom. The van der Waals surface area contributed by atoms with Gasteiger partial charge in [-0.3, -0.25) is 0 Å². The molecule has 0 amide bonds. The van der Waals surface area contributed by atoms with Crippen LogP contribution >= 0.6 is 23.4 Å². The molecule has 0 radical (unpaired) electrons. The van der Waals surface area contributed by atoms with Crippen LogP contribution in [0.3, 0.4) is 0 Å². The van der Waals surface area contributed by atoms with Crippen LogP contribution in [0.5, 0.6) is 0 Å². The maximum atomic E-state index is 5.47. The lowest BCUT2D eigenvalue weighted by Gasteiger charge is -2.04. The summed E-state index contributed by atoms with van der Waals surface area (Å²) < 4.78 is 2.25. The van der Waals surface area contributed by atoms with E-state index in [0.717, 1.165) is 29.7 Å². The van der Waals surface area contributed by atoms with Crippen LogP contribution in [0.1, 0.15) is 25.1 Å². The highest BCUT2D eigenvalue weighted by Gasteiger charge is 2.13. The van der Waals surface area contributed by atoms with Crippen molar-refractivity contribution in [3.05, 3.63) is 17.4 Å². The molecule has 0 spiro atoms. The summed E-state index contributed by atoms with van der Waals surface area (Å²) in [5.41, 5.74) is 1.55. The summed E-state index contributed by atoms with van der Waals surface area (Å²) in [4.78, 5) is 0. The molecule has 0 fully saturated rings. The number of hydrogen-bond donors (Lipinski definition) is 0. The number of hydrogen-bond acceptors (Lipinski definition) is 3. The Balaban J connectivity index is 2.07. The van der Waals surface area contributed by atoms with Crippen molar-refractivity contribution in [2.24, 2.45) is 0 Å². The van der Waals surface area contributed by atoms with Crippen molar-refractivity contribution in [2.45, 2.75) is 37.4 Å². The molecule has 0 bridgehead atoms. The summed E-state index contributed by atoms with van der Waals surface area (Å²) in [7, 11) is 0. The van der Waals surface area contributed by atoms with Gasteiger partial charge in [-0.15, -0.1) is 10.2 Å². The molecule has 1 aliphatic heterocycles. The van der Waals surface area contributed by atoms with E-state index in [0.29, 0.717) is 0 Å². The molecule has 0 N–H and O–H groups in total. The predicted octanol–water partition coefficient (Wildman–Crippen LogP) is 2.85. The van der Waals surface area contributed by atoms with E-state index >= 15 is 0 Å². The minimum atomic E-state index is 0.863. The van der Waals surface area contributed by atoms with E-state index in [1.54, 1.807) is 17.3 Å². The first-order valence-corrected chi connectivity index (χ1v) is 6.64. The topological polar surface area (TPSA) is 30.7 Å². The second kappa shape index (κ2) is 5.56. The van der Waals surface area contributed by atoms with Gasteiger partial charge in [0.15, 0.2) is 5.16 Å². The number of rotatable bonds is 3. The van der Waals surface area contributed by atoms with Gasteiger partial charge in [-0.25, -0.2) is 0 Å². The Morgan fingerprint density at radius 2 is 2.27 bits per heavy atom. The van der Waals surface area contributed by atoms with Gasteiger partial charge < -0.3 is 4.57 Å². The first kappa shape index (κ1) is 11.0. The Morgan fingerprint density at radius 1 is 1.33 bits per heavy atom. The van der Waals surface area contributed by atoms with Crippen molar-refractivity contribution >= 4 is 23.4 Å². The third kappa shape index (κ3) is 2.75. The van der Waals surface area contributed by atoms with Crippen molar-refractivity contribution in [1.82, 2.24) is 14.8 Å². The molecular weight excluding hydrogens is 230 g/mol. The summed E-state index contributed by atoms with van der Waals surface area (Å²) >= 11 is 7.17. The van der Waals surface area contributed by atoms with E-state index in [-0.39, 0.29) is 0 Å². The third-order valence-corrected chi connectivity index (χ3v) is 3.57. The van der Waals surface area contributed by atoms with Crippen LogP contribution in [0.2, 0.25) is 0 Å². The maximum absolute atomic E-state index is 5.47. The normalized spacial score (nSPS) is 16.6. The molecule has 0 saturated heterocycles. The third-order valence-electron chi connectivity index (χ3n) is 2.47. The van der Waals surface area contributed by atoms with E-state index in [1.165, 1.54) is 19.3 Å². The first-order valence-electron chi connectivity index (χ1n) is 5.22. The van der Waals surface area contributed by atoms with Gasteiger partial charge in [0.2, 0.25) is 0 Å². The average molecular weight is 244 g/mol. The van der Waals surface area contributed by atoms with Crippen molar-refractivity contribution < 1.29 is 0 Å². The van der Waals surface area contributed by atoms with Gasteiger partial charge in [0.1, 0.15) is 5.82 Å². The van der Waals surface area contributed by atoms with Crippen LogP contribution in [0.25, 0.3) is 0 Å².